The van der Waals surface area contributed by atoms with Crippen LogP contribution in [0.25, 0.3) is 11.1 Å². The number of rotatable bonds is 26. The summed E-state index contributed by atoms with van der Waals surface area (Å²) in [5.74, 6) is -1.70. The van der Waals surface area contributed by atoms with Crippen LogP contribution in [0.15, 0.2) is 72.8 Å². The van der Waals surface area contributed by atoms with E-state index in [0.29, 0.717) is 70.4 Å². The SMILES string of the molecule is CC[C@H](NC(=O)[C@@H](NC(=O)CCOCCOCCOCCOCCNC(=O)CCC(=O)N1Cc2ccccc2C2=C(C2)c2ccccc21)C(C)C)C(=O)Nc1ccc(CO)cc1. The molecule has 2 atom stereocenters. The Kier molecular flexibility index (Phi) is 19.1. The van der Waals surface area contributed by atoms with Crippen LogP contribution < -0.4 is 26.2 Å². The van der Waals surface area contributed by atoms with Crippen molar-refractivity contribution in [3.63, 3.8) is 0 Å². The van der Waals surface area contributed by atoms with E-state index < -0.39 is 18.0 Å². The van der Waals surface area contributed by atoms with E-state index >= 15 is 0 Å². The van der Waals surface area contributed by atoms with Gasteiger partial charge >= 0.3 is 0 Å². The monoisotopic (exact) mass is 855 g/mol. The molecule has 3 aromatic rings. The molecule has 5 amide bonds. The first-order valence-electron chi connectivity index (χ1n) is 21.5. The van der Waals surface area contributed by atoms with E-state index in [1.807, 2.05) is 49.1 Å². The fourth-order valence-corrected chi connectivity index (χ4v) is 6.99. The van der Waals surface area contributed by atoms with Gasteiger partial charge in [0.05, 0.1) is 71.7 Å². The Balaban J connectivity index is 0.845. The lowest BCUT2D eigenvalue weighted by Crippen LogP contribution is -2.54. The highest BCUT2D eigenvalue weighted by atomic mass is 16.6. The second-order valence-electron chi connectivity index (χ2n) is 15.4. The van der Waals surface area contributed by atoms with Gasteiger partial charge in [0.2, 0.25) is 29.5 Å². The number of aliphatic hydroxyl groups is 1. The molecular formula is C47H61N5O10. The first-order valence-corrected chi connectivity index (χ1v) is 21.5. The zero-order valence-corrected chi connectivity index (χ0v) is 36.0. The minimum absolute atomic E-state index is 0.0495. The molecule has 0 fully saturated rings. The van der Waals surface area contributed by atoms with E-state index in [1.54, 1.807) is 31.2 Å². The minimum Gasteiger partial charge on any atom is -0.392 e. The van der Waals surface area contributed by atoms with Crippen LogP contribution in [0.2, 0.25) is 0 Å². The third kappa shape index (κ3) is 14.6. The van der Waals surface area contributed by atoms with E-state index in [1.165, 1.54) is 16.7 Å². The van der Waals surface area contributed by atoms with Crippen molar-refractivity contribution in [2.24, 2.45) is 5.92 Å². The van der Waals surface area contributed by atoms with Crippen molar-refractivity contribution >= 4 is 52.1 Å². The fraction of sp³-hybridized carbons (Fsp3) is 0.468. The topological polar surface area (TPSA) is 194 Å². The third-order valence-electron chi connectivity index (χ3n) is 10.5. The molecule has 2 aliphatic rings. The van der Waals surface area contributed by atoms with Gasteiger partial charge in [0, 0.05) is 37.1 Å². The highest BCUT2D eigenvalue weighted by Crippen LogP contribution is 2.52. The summed E-state index contributed by atoms with van der Waals surface area (Å²) in [6.45, 7) is 8.56. The molecule has 15 heteroatoms. The van der Waals surface area contributed by atoms with Crippen LogP contribution in [-0.2, 0) is 56.1 Å². The van der Waals surface area contributed by atoms with Gasteiger partial charge in [-0.2, -0.15) is 0 Å². The van der Waals surface area contributed by atoms with Gasteiger partial charge in [-0.05, 0) is 64.8 Å². The normalized spacial score (nSPS) is 13.8. The number of anilines is 2. The van der Waals surface area contributed by atoms with Crippen molar-refractivity contribution in [2.75, 3.05) is 69.6 Å². The maximum atomic E-state index is 13.5. The number of benzene rings is 3. The molecule has 1 aliphatic heterocycles. The zero-order valence-electron chi connectivity index (χ0n) is 36.0. The second-order valence-corrected chi connectivity index (χ2v) is 15.4. The van der Waals surface area contributed by atoms with Crippen molar-refractivity contribution in [1.29, 1.82) is 0 Å². The molecule has 0 aromatic heterocycles. The number of nitrogens with one attached hydrogen (secondary N) is 4. The Morgan fingerprint density at radius 3 is 1.95 bits per heavy atom. The van der Waals surface area contributed by atoms with Gasteiger partial charge in [-0.1, -0.05) is 75.4 Å². The third-order valence-corrected chi connectivity index (χ3v) is 10.5. The molecular weight excluding hydrogens is 795 g/mol. The van der Waals surface area contributed by atoms with E-state index in [4.69, 9.17) is 18.9 Å². The number of amides is 5. The summed E-state index contributed by atoms with van der Waals surface area (Å²) in [4.78, 5) is 66.4. The Labute approximate surface area is 363 Å². The van der Waals surface area contributed by atoms with Crippen molar-refractivity contribution in [2.45, 2.75) is 78.1 Å². The Bertz CT molecular complexity index is 2000. The molecule has 334 valence electrons. The summed E-state index contributed by atoms with van der Waals surface area (Å²) < 4.78 is 22.1. The largest absolute Gasteiger partial charge is 0.392 e. The quantitative estimate of drug-likeness (QED) is 0.0725. The smallest absolute Gasteiger partial charge is 0.246 e. The lowest BCUT2D eigenvalue weighted by molar-refractivity contribution is -0.132. The minimum atomic E-state index is -0.834. The Morgan fingerprint density at radius 1 is 0.677 bits per heavy atom. The number of hydrogen-bond acceptors (Lipinski definition) is 10. The van der Waals surface area contributed by atoms with Gasteiger partial charge in [-0.15, -0.1) is 0 Å². The molecule has 0 saturated carbocycles. The van der Waals surface area contributed by atoms with E-state index in [2.05, 4.69) is 39.5 Å². The number of para-hydroxylation sites is 1. The second kappa shape index (κ2) is 24.9. The highest BCUT2D eigenvalue weighted by Gasteiger charge is 2.33. The van der Waals surface area contributed by atoms with Gasteiger partial charge in [-0.25, -0.2) is 0 Å². The first kappa shape index (κ1) is 47.6. The van der Waals surface area contributed by atoms with Crippen LogP contribution in [0.1, 0.15) is 75.1 Å². The summed E-state index contributed by atoms with van der Waals surface area (Å²) in [6, 6.07) is 21.3. The van der Waals surface area contributed by atoms with Crippen LogP contribution in [-0.4, -0.2) is 106 Å². The number of hydrogen-bond donors (Lipinski definition) is 5. The number of carbonyl (C=O) groups excluding carboxylic acids is 5. The fourth-order valence-electron chi connectivity index (χ4n) is 6.99. The van der Waals surface area contributed by atoms with E-state index in [-0.39, 0.29) is 68.6 Å². The average Bonchev–Trinajstić information content (AvgIpc) is 4.07. The molecule has 15 nitrogen and oxygen atoms in total. The number of ether oxygens (including phenoxy) is 4. The van der Waals surface area contributed by atoms with Gasteiger partial charge in [0.25, 0.3) is 0 Å². The lowest BCUT2D eigenvalue weighted by atomic mass is 10.0. The van der Waals surface area contributed by atoms with Crippen molar-refractivity contribution in [1.82, 2.24) is 16.0 Å². The molecule has 1 aliphatic carbocycles. The average molecular weight is 856 g/mol. The molecule has 0 spiro atoms. The number of carbonyl (C=O) groups is 5. The van der Waals surface area contributed by atoms with Crippen LogP contribution >= 0.6 is 0 Å². The lowest BCUT2D eigenvalue weighted by Gasteiger charge is -2.27. The van der Waals surface area contributed by atoms with Gasteiger partial charge in [-0.3, -0.25) is 24.0 Å². The summed E-state index contributed by atoms with van der Waals surface area (Å²) in [5, 5.41) is 20.3. The summed E-state index contributed by atoms with van der Waals surface area (Å²) in [6.07, 6.45) is 1.51. The molecule has 0 radical (unpaired) electrons. The number of nitrogens with zero attached hydrogens (tertiary/aromatic N) is 1. The first-order chi connectivity index (χ1) is 30.1. The number of aliphatic hydroxyl groups excluding tert-OH is 1. The van der Waals surface area contributed by atoms with Crippen LogP contribution in [0.3, 0.4) is 0 Å². The summed E-state index contributed by atoms with van der Waals surface area (Å²) in [5.41, 5.74) is 8.17. The van der Waals surface area contributed by atoms with Crippen molar-refractivity contribution in [3.05, 3.63) is 95.1 Å². The number of allylic oxidation sites excluding steroid dienone is 2. The molecule has 5 N–H and O–H groups in total. The summed E-state index contributed by atoms with van der Waals surface area (Å²) >= 11 is 0. The molecule has 0 saturated heterocycles. The van der Waals surface area contributed by atoms with Crippen molar-refractivity contribution in [3.8, 4) is 0 Å². The van der Waals surface area contributed by atoms with E-state index in [9.17, 15) is 29.1 Å². The van der Waals surface area contributed by atoms with Crippen LogP contribution in [0.5, 0.6) is 0 Å². The molecule has 62 heavy (non-hydrogen) atoms. The van der Waals surface area contributed by atoms with Crippen LogP contribution in [0, 0.1) is 5.92 Å². The molecule has 0 unspecified atom stereocenters. The molecule has 3 aromatic carbocycles. The summed E-state index contributed by atoms with van der Waals surface area (Å²) in [7, 11) is 0. The predicted octanol–water partition coefficient (Wildman–Crippen LogP) is 4.37. The van der Waals surface area contributed by atoms with Gasteiger partial charge in [0.1, 0.15) is 12.1 Å². The highest BCUT2D eigenvalue weighted by molar-refractivity contribution is 6.13. The van der Waals surface area contributed by atoms with Crippen LogP contribution in [0.4, 0.5) is 11.4 Å². The predicted molar refractivity (Wildman–Crippen MR) is 236 cm³/mol. The zero-order chi connectivity index (χ0) is 44.3. The number of fused-ring (bicyclic) bond motifs is 4. The van der Waals surface area contributed by atoms with Gasteiger partial charge < -0.3 is 50.2 Å². The Hall–Kier alpha value is -5.45. The Morgan fingerprint density at radius 2 is 1.29 bits per heavy atom. The van der Waals surface area contributed by atoms with Gasteiger partial charge in [0.15, 0.2) is 0 Å². The maximum Gasteiger partial charge on any atom is 0.246 e. The molecule has 1 heterocycles. The van der Waals surface area contributed by atoms with Crippen molar-refractivity contribution < 1.29 is 48.0 Å². The molecule has 0 bridgehead atoms. The molecule has 5 rings (SSSR count). The standard InChI is InChI=1S/C47H61N5O10/c1-4-40(46(57)49-35-15-13-33(31-53)14-16-35)50-47(58)45(32(2)3)51-43(55)19-21-59-23-25-61-27-28-62-26-24-60-22-20-48-42(54)17-18-44(56)52-30-34-9-5-6-10-36(34)38-29-39(38)37-11-7-8-12-41(37)52/h5-16,32,40,45,53H,4,17-31H2,1-3H3,(H,48,54)(H,49,57)(H,50,58)(H,51,55)/t40-,45-/m0/s1. The maximum absolute atomic E-state index is 13.5. The van der Waals surface area contributed by atoms with E-state index in [0.717, 1.165) is 23.2 Å².